The molecular weight excluding hydrogens is 161 g/mol. The van der Waals surface area contributed by atoms with E-state index in [9.17, 15) is 0 Å². The number of rotatable bonds is 5. The predicted octanol–water partition coefficient (Wildman–Crippen LogP) is 3.18. The first-order valence-corrected chi connectivity index (χ1v) is 3.71. The van der Waals surface area contributed by atoms with Gasteiger partial charge in [0.1, 0.15) is 0 Å². The normalized spacial score (nSPS) is 8.67. The summed E-state index contributed by atoms with van der Waals surface area (Å²) < 4.78 is 0. The molecule has 1 heteroatoms. The van der Waals surface area contributed by atoms with Crippen molar-refractivity contribution in [2.45, 2.75) is 45.4 Å². The zero-order chi connectivity index (χ0) is 6.24. The second-order valence-corrected chi connectivity index (χ2v) is 2.27. The fourth-order valence-corrected chi connectivity index (χ4v) is 0.780. The molecule has 0 nitrogen and oxygen atoms in total. The van der Waals surface area contributed by atoms with E-state index in [2.05, 4.69) is 13.8 Å². The Hall–Kier alpha value is 0.623. The second kappa shape index (κ2) is 11.4. The monoisotopic (exact) mass is 177 g/mol. The average Bonchev–Trinajstić information content (AvgIpc) is 1.81. The summed E-state index contributed by atoms with van der Waals surface area (Å²) in [6, 6.07) is 0. The van der Waals surface area contributed by atoms with E-state index < -0.39 is 0 Å². The van der Waals surface area contributed by atoms with Crippen molar-refractivity contribution >= 4 is 0 Å². The summed E-state index contributed by atoms with van der Waals surface area (Å²) in [5.74, 6) is 0. The number of hydrogen-bond acceptors (Lipinski definition) is 0. The van der Waals surface area contributed by atoms with Gasteiger partial charge in [-0.1, -0.05) is 39.0 Å². The summed E-state index contributed by atoms with van der Waals surface area (Å²) in [5, 5.41) is 0. The molecule has 0 spiro atoms. The third-order valence-corrected chi connectivity index (χ3v) is 1.35. The standard InChI is InChI=1S/C8H17.Zn/c1-3-5-7-8-6-4-2;/h1,3-8H2,2H3;/q-1;. The molecule has 0 aliphatic rings. The van der Waals surface area contributed by atoms with E-state index in [1.54, 1.807) is 0 Å². The maximum Gasteiger partial charge on any atom is 0 e. The Morgan fingerprint density at radius 3 is 2.00 bits per heavy atom. The van der Waals surface area contributed by atoms with Crippen LogP contribution in [0.25, 0.3) is 0 Å². The van der Waals surface area contributed by atoms with Crippen molar-refractivity contribution in [3.8, 4) is 0 Å². The van der Waals surface area contributed by atoms with Gasteiger partial charge in [0.2, 0.25) is 0 Å². The van der Waals surface area contributed by atoms with Crippen LogP contribution in [0.5, 0.6) is 0 Å². The maximum absolute atomic E-state index is 3.78. The minimum Gasteiger partial charge on any atom is -0.343 e. The van der Waals surface area contributed by atoms with Gasteiger partial charge in [-0.15, -0.1) is 0 Å². The molecule has 0 amide bonds. The van der Waals surface area contributed by atoms with E-state index in [4.69, 9.17) is 0 Å². The van der Waals surface area contributed by atoms with Crippen LogP contribution in [-0.4, -0.2) is 0 Å². The summed E-state index contributed by atoms with van der Waals surface area (Å²) in [4.78, 5) is 0. The molecule has 52 valence electrons. The minimum atomic E-state index is 0. The van der Waals surface area contributed by atoms with Crippen molar-refractivity contribution in [1.82, 2.24) is 0 Å². The van der Waals surface area contributed by atoms with Crippen LogP contribution in [0, 0.1) is 6.92 Å². The Morgan fingerprint density at radius 1 is 1.00 bits per heavy atom. The third kappa shape index (κ3) is 12.0. The predicted molar refractivity (Wildman–Crippen MR) is 38.7 cm³/mol. The maximum atomic E-state index is 3.78. The summed E-state index contributed by atoms with van der Waals surface area (Å²) >= 11 is 0. The van der Waals surface area contributed by atoms with Gasteiger partial charge in [-0.3, -0.25) is 0 Å². The topological polar surface area (TPSA) is 0 Å². The van der Waals surface area contributed by atoms with E-state index in [1.807, 2.05) is 0 Å². The first-order chi connectivity index (χ1) is 3.91. The van der Waals surface area contributed by atoms with Crippen molar-refractivity contribution in [2.75, 3.05) is 0 Å². The Kier molecular flexibility index (Phi) is 15.6. The number of unbranched alkanes of at least 4 members (excludes halogenated alkanes) is 5. The molecule has 0 bridgehead atoms. The van der Waals surface area contributed by atoms with Crippen LogP contribution >= 0.6 is 0 Å². The van der Waals surface area contributed by atoms with Crippen LogP contribution in [-0.2, 0) is 19.5 Å². The molecule has 0 saturated heterocycles. The van der Waals surface area contributed by atoms with Gasteiger partial charge in [0.25, 0.3) is 0 Å². The van der Waals surface area contributed by atoms with Crippen molar-refractivity contribution in [1.29, 1.82) is 0 Å². The molecule has 9 heavy (non-hydrogen) atoms. The van der Waals surface area contributed by atoms with Crippen molar-refractivity contribution in [3.63, 3.8) is 0 Å². The van der Waals surface area contributed by atoms with Crippen molar-refractivity contribution in [3.05, 3.63) is 6.92 Å². The van der Waals surface area contributed by atoms with Gasteiger partial charge in [0.15, 0.2) is 0 Å². The fraction of sp³-hybridized carbons (Fsp3) is 0.875. The molecular formula is C8H17Zn-. The van der Waals surface area contributed by atoms with Crippen LogP contribution in [0.2, 0.25) is 0 Å². The van der Waals surface area contributed by atoms with Gasteiger partial charge < -0.3 is 6.92 Å². The van der Waals surface area contributed by atoms with Gasteiger partial charge in [-0.05, 0) is 0 Å². The van der Waals surface area contributed by atoms with Gasteiger partial charge in [-0.2, -0.15) is 6.42 Å². The molecule has 0 aromatic rings. The summed E-state index contributed by atoms with van der Waals surface area (Å²) in [6.45, 7) is 6.02. The zero-order valence-electron chi connectivity index (χ0n) is 6.66. The molecule has 0 N–H and O–H groups in total. The van der Waals surface area contributed by atoms with Crippen LogP contribution in [0.15, 0.2) is 0 Å². The molecule has 0 aliphatic heterocycles. The molecule has 0 unspecified atom stereocenters. The molecule has 0 radical (unpaired) electrons. The molecule has 0 aliphatic carbocycles. The molecule has 0 heterocycles. The molecule has 0 atom stereocenters. The number of hydrogen-bond donors (Lipinski definition) is 0. The Bertz CT molecular complexity index is 29.5. The van der Waals surface area contributed by atoms with E-state index >= 15 is 0 Å². The van der Waals surface area contributed by atoms with Crippen LogP contribution in [0.3, 0.4) is 0 Å². The molecule has 0 fully saturated rings. The van der Waals surface area contributed by atoms with Crippen LogP contribution < -0.4 is 0 Å². The van der Waals surface area contributed by atoms with Gasteiger partial charge >= 0.3 is 0 Å². The van der Waals surface area contributed by atoms with E-state index in [0.29, 0.717) is 0 Å². The van der Waals surface area contributed by atoms with Gasteiger partial charge in [-0.25, -0.2) is 0 Å². The zero-order valence-corrected chi connectivity index (χ0v) is 9.62. The molecule has 0 rings (SSSR count). The quantitative estimate of drug-likeness (QED) is 0.345. The van der Waals surface area contributed by atoms with Crippen molar-refractivity contribution in [2.24, 2.45) is 0 Å². The Balaban J connectivity index is 0. The second-order valence-electron chi connectivity index (χ2n) is 2.27. The van der Waals surface area contributed by atoms with Crippen LogP contribution in [0.4, 0.5) is 0 Å². The molecule has 0 aromatic carbocycles. The first kappa shape index (κ1) is 12.3. The Labute approximate surface area is 72.2 Å². The third-order valence-electron chi connectivity index (χ3n) is 1.35. The largest absolute Gasteiger partial charge is 0.343 e. The van der Waals surface area contributed by atoms with E-state index in [0.717, 1.165) is 6.42 Å². The van der Waals surface area contributed by atoms with Crippen molar-refractivity contribution < 1.29 is 19.5 Å². The Morgan fingerprint density at radius 2 is 1.56 bits per heavy atom. The smallest absolute Gasteiger partial charge is 0 e. The molecule has 0 saturated carbocycles. The SMILES string of the molecule is [CH2-]CCCCCCC.[Zn]. The van der Waals surface area contributed by atoms with E-state index in [-0.39, 0.29) is 19.5 Å². The van der Waals surface area contributed by atoms with Crippen LogP contribution in [0.1, 0.15) is 45.4 Å². The summed E-state index contributed by atoms with van der Waals surface area (Å²) in [6.07, 6.45) is 7.98. The van der Waals surface area contributed by atoms with Gasteiger partial charge in [0, 0.05) is 19.5 Å². The summed E-state index contributed by atoms with van der Waals surface area (Å²) in [7, 11) is 0. The fourth-order valence-electron chi connectivity index (χ4n) is 0.780. The molecule has 0 aromatic heterocycles. The minimum absolute atomic E-state index is 0. The first-order valence-electron chi connectivity index (χ1n) is 3.71. The summed E-state index contributed by atoms with van der Waals surface area (Å²) in [5.41, 5.74) is 0. The van der Waals surface area contributed by atoms with Gasteiger partial charge in [0.05, 0.1) is 0 Å². The van der Waals surface area contributed by atoms with E-state index in [1.165, 1.54) is 32.1 Å². The average molecular weight is 179 g/mol.